The average Bonchev–Trinajstić information content (AvgIpc) is 3.84. The van der Waals surface area contributed by atoms with E-state index in [9.17, 15) is 24.0 Å². The van der Waals surface area contributed by atoms with E-state index in [2.05, 4.69) is 15.6 Å². The second-order valence-electron chi connectivity index (χ2n) is 19.6. The van der Waals surface area contributed by atoms with Gasteiger partial charge in [0.25, 0.3) is 5.56 Å². The number of aromatic nitrogens is 2. The van der Waals surface area contributed by atoms with Gasteiger partial charge in [0, 0.05) is 31.9 Å². The van der Waals surface area contributed by atoms with Crippen molar-refractivity contribution in [1.29, 1.82) is 0 Å². The Hall–Kier alpha value is -3.63. The second-order valence-corrected chi connectivity index (χ2v) is 19.6. The van der Waals surface area contributed by atoms with E-state index in [-0.39, 0.29) is 19.6 Å². The summed E-state index contributed by atoms with van der Waals surface area (Å²) in [5.41, 5.74) is -3.75. The van der Waals surface area contributed by atoms with Gasteiger partial charge in [0.2, 0.25) is 0 Å². The Bertz CT molecular complexity index is 1840. The highest BCUT2D eigenvalue weighted by atomic mass is 16.8. The molecule has 20 nitrogen and oxygen atoms in total. The molecule has 10 atom stereocenters. The molecule has 0 aromatic carbocycles. The van der Waals surface area contributed by atoms with Gasteiger partial charge >= 0.3 is 23.8 Å². The van der Waals surface area contributed by atoms with E-state index in [1.807, 2.05) is 13.8 Å². The molecular formula is C42H69N5O15. The molecule has 0 spiro atoms. The molecule has 0 radical (unpaired) electrons. The topological polar surface area (TPSA) is 226 Å². The fourth-order valence-electron chi connectivity index (χ4n) is 7.95. The molecule has 5 rings (SSSR count). The standard InChI is InChI=1S/C42H69N5O15/c1-15-42(16-2)58-26-23(22-44-37(52)62-40(9,10)11)53-34(31(26)59-42)55-27(25(33(49)60-38(3,4)5)46(14)20-17-19-43-36(51)61-39(6,7)8)28-29-30(57-41(12,13)56-29)32(54-28)47-21-18-24(48)45-35(47)50/h18,21,23,25-32,34H,15-17,19-20,22H2,1-14H3,(H,43,51)(H,44,52)(H,45,48,50)/t23-,25+,26-,27+,28-,29-,30-,31-,32-,34+/m1/s1. The van der Waals surface area contributed by atoms with Crippen LogP contribution in [0.25, 0.3) is 0 Å². The quantitative estimate of drug-likeness (QED) is 0.130. The van der Waals surface area contributed by atoms with Crippen molar-refractivity contribution in [2.45, 2.75) is 199 Å². The third kappa shape index (κ3) is 12.3. The molecule has 3 N–H and O–H groups in total. The van der Waals surface area contributed by atoms with Gasteiger partial charge in [-0.1, -0.05) is 13.8 Å². The predicted octanol–water partition coefficient (Wildman–Crippen LogP) is 3.45. The summed E-state index contributed by atoms with van der Waals surface area (Å²) in [6.07, 6.45) is -7.62. The maximum absolute atomic E-state index is 14.7. The van der Waals surface area contributed by atoms with Crippen molar-refractivity contribution in [3.8, 4) is 0 Å². The molecule has 0 bridgehead atoms. The highest BCUT2D eigenvalue weighted by molar-refractivity contribution is 5.77. The number of nitrogens with zero attached hydrogens (tertiary/aromatic N) is 2. The van der Waals surface area contributed by atoms with Gasteiger partial charge in [-0.2, -0.15) is 0 Å². The lowest BCUT2D eigenvalue weighted by molar-refractivity contribution is -0.279. The summed E-state index contributed by atoms with van der Waals surface area (Å²) in [6.45, 7) is 23.5. The minimum atomic E-state index is -1.30. The monoisotopic (exact) mass is 883 g/mol. The largest absolute Gasteiger partial charge is 0.459 e. The van der Waals surface area contributed by atoms with Crippen molar-refractivity contribution >= 4 is 18.2 Å². The first-order chi connectivity index (χ1) is 28.6. The van der Waals surface area contributed by atoms with Crippen molar-refractivity contribution in [1.82, 2.24) is 25.1 Å². The van der Waals surface area contributed by atoms with Gasteiger partial charge in [-0.15, -0.1) is 0 Å². The van der Waals surface area contributed by atoms with Crippen molar-refractivity contribution in [3.05, 3.63) is 33.1 Å². The molecule has 4 aliphatic heterocycles. The summed E-state index contributed by atoms with van der Waals surface area (Å²) < 4.78 is 64.5. The molecule has 0 saturated carbocycles. The van der Waals surface area contributed by atoms with Gasteiger partial charge in [0.15, 0.2) is 24.1 Å². The van der Waals surface area contributed by atoms with Crippen molar-refractivity contribution < 1.29 is 61.8 Å². The van der Waals surface area contributed by atoms with Crippen LogP contribution in [0.2, 0.25) is 0 Å². The van der Waals surface area contributed by atoms with Gasteiger partial charge in [0.1, 0.15) is 65.6 Å². The number of rotatable bonds is 15. The Balaban J connectivity index is 1.56. The van der Waals surface area contributed by atoms with Gasteiger partial charge < -0.3 is 58.0 Å². The summed E-state index contributed by atoms with van der Waals surface area (Å²) in [5, 5.41) is 5.53. The number of alkyl carbamates (subject to hydrolysis) is 2. The Kier molecular flexibility index (Phi) is 15.0. The number of carbonyl (C=O) groups excluding carboxylic acids is 3. The lowest BCUT2D eigenvalue weighted by Crippen LogP contribution is -2.59. The Morgan fingerprint density at radius 2 is 1.40 bits per heavy atom. The molecule has 4 fully saturated rings. The molecule has 20 heteroatoms. The van der Waals surface area contributed by atoms with Crippen LogP contribution in [0.5, 0.6) is 0 Å². The SMILES string of the molecule is CCC1(CC)O[C@H]2[C@H](O[C@H]([C@H]3O[C@@H](n4ccc(=O)[nH]c4=O)[C@@H]4OC(C)(C)O[C@H]34)[C@@H](C(=O)OC(C)(C)C)N(C)CCCNC(=O)OC(C)(C)C)O[C@H](CNC(=O)OC(C)(C)C)[C@H]2O1. The van der Waals surface area contributed by atoms with E-state index >= 15 is 0 Å². The summed E-state index contributed by atoms with van der Waals surface area (Å²) in [7, 11) is 1.71. The number of H-pyrrole nitrogens is 1. The first-order valence-corrected chi connectivity index (χ1v) is 21.5. The fourth-order valence-corrected chi connectivity index (χ4v) is 7.95. The molecule has 4 saturated heterocycles. The Morgan fingerprint density at radius 1 is 0.823 bits per heavy atom. The zero-order chi connectivity index (χ0) is 46.2. The van der Waals surface area contributed by atoms with E-state index in [0.717, 1.165) is 0 Å². The molecule has 0 unspecified atom stereocenters. The highest BCUT2D eigenvalue weighted by Gasteiger charge is 2.63. The van der Waals surface area contributed by atoms with Crippen LogP contribution in [0.1, 0.15) is 115 Å². The van der Waals surface area contributed by atoms with Crippen LogP contribution in [0.15, 0.2) is 21.9 Å². The Morgan fingerprint density at radius 3 is 1.98 bits per heavy atom. The summed E-state index contributed by atoms with van der Waals surface area (Å²) in [4.78, 5) is 69.4. The second kappa shape index (κ2) is 18.8. The highest BCUT2D eigenvalue weighted by Crippen LogP contribution is 2.47. The van der Waals surface area contributed by atoms with Crippen LogP contribution < -0.4 is 21.9 Å². The maximum Gasteiger partial charge on any atom is 0.407 e. The lowest BCUT2D eigenvalue weighted by Gasteiger charge is -2.40. The van der Waals surface area contributed by atoms with Gasteiger partial charge in [0.05, 0.1) is 0 Å². The molecule has 1 aromatic rings. The third-order valence-electron chi connectivity index (χ3n) is 10.5. The number of fused-ring (bicyclic) bond motifs is 2. The van der Waals surface area contributed by atoms with Crippen molar-refractivity contribution in [2.75, 3.05) is 26.7 Å². The first-order valence-electron chi connectivity index (χ1n) is 21.5. The van der Waals surface area contributed by atoms with E-state index in [1.54, 1.807) is 88.1 Å². The number of likely N-dealkylation sites (N-methyl/N-ethyl adjacent to an activating group) is 1. The molecule has 5 heterocycles. The van der Waals surface area contributed by atoms with Gasteiger partial charge in [-0.3, -0.25) is 24.0 Å². The van der Waals surface area contributed by atoms with E-state index in [0.29, 0.717) is 19.3 Å². The van der Waals surface area contributed by atoms with Crippen LogP contribution in [0.3, 0.4) is 0 Å². The molecule has 4 aliphatic rings. The molecule has 352 valence electrons. The molecule has 62 heavy (non-hydrogen) atoms. The number of nitrogens with one attached hydrogen (secondary N) is 3. The molecule has 2 amide bonds. The number of amides is 2. The molecular weight excluding hydrogens is 814 g/mol. The predicted molar refractivity (Wildman–Crippen MR) is 221 cm³/mol. The number of esters is 1. The van der Waals surface area contributed by atoms with Crippen molar-refractivity contribution in [3.63, 3.8) is 0 Å². The summed E-state index contributed by atoms with van der Waals surface area (Å²) >= 11 is 0. The van der Waals surface area contributed by atoms with Crippen LogP contribution in [-0.2, 0) is 52.2 Å². The normalized spacial score (nSPS) is 28.8. The van der Waals surface area contributed by atoms with Crippen molar-refractivity contribution in [2.24, 2.45) is 0 Å². The number of ether oxygens (including phenoxy) is 10. The van der Waals surface area contributed by atoms with Crippen LogP contribution in [0.4, 0.5) is 9.59 Å². The van der Waals surface area contributed by atoms with Crippen LogP contribution in [-0.4, -0.2) is 143 Å². The first kappa shape index (κ1) is 49.4. The van der Waals surface area contributed by atoms with E-state index in [4.69, 9.17) is 47.4 Å². The van der Waals surface area contributed by atoms with Crippen LogP contribution >= 0.6 is 0 Å². The number of hydrogen-bond donors (Lipinski definition) is 3. The summed E-state index contributed by atoms with van der Waals surface area (Å²) in [6, 6.07) is -0.0570. The number of aromatic amines is 1. The summed E-state index contributed by atoms with van der Waals surface area (Å²) in [5.74, 6) is -2.85. The number of carbonyl (C=O) groups is 3. The van der Waals surface area contributed by atoms with E-state index < -0.39 is 119 Å². The molecule has 0 aliphatic carbocycles. The third-order valence-corrected chi connectivity index (χ3v) is 10.5. The number of hydrogen-bond acceptors (Lipinski definition) is 16. The Labute approximate surface area is 363 Å². The van der Waals surface area contributed by atoms with E-state index in [1.165, 1.54) is 16.8 Å². The van der Waals surface area contributed by atoms with Crippen LogP contribution in [0, 0.1) is 0 Å². The zero-order valence-corrected chi connectivity index (χ0v) is 38.7. The smallest absolute Gasteiger partial charge is 0.407 e. The average molecular weight is 884 g/mol. The minimum absolute atomic E-state index is 0.0273. The minimum Gasteiger partial charge on any atom is -0.459 e. The van der Waals surface area contributed by atoms with Gasteiger partial charge in [-0.05, 0) is 102 Å². The maximum atomic E-state index is 14.7. The fraction of sp³-hybridized carbons (Fsp3) is 0.833. The zero-order valence-electron chi connectivity index (χ0n) is 38.7. The lowest BCUT2D eigenvalue weighted by atomic mass is 9.97. The molecule has 1 aromatic heterocycles. The van der Waals surface area contributed by atoms with Gasteiger partial charge in [-0.25, -0.2) is 14.4 Å².